The second-order valence-corrected chi connectivity index (χ2v) is 4.85. The third-order valence-electron chi connectivity index (χ3n) is 2.78. The maximum absolute atomic E-state index is 5.85. The number of fused-ring (bicyclic) bond motifs is 1. The molecule has 2 aromatic rings. The van der Waals surface area contributed by atoms with Gasteiger partial charge in [-0.2, -0.15) is 0 Å². The van der Waals surface area contributed by atoms with E-state index < -0.39 is 0 Å². The van der Waals surface area contributed by atoms with Crippen molar-refractivity contribution >= 4 is 21.4 Å². The minimum absolute atomic E-state index is 0.695. The van der Waals surface area contributed by atoms with Gasteiger partial charge in [-0.3, -0.25) is 0 Å². The first-order valence-electron chi connectivity index (χ1n) is 5.23. The standard InChI is InChI=1S/C12H13NOS/c1-2-10-4-5-15-12(10)11(3-1)14-8-9-6-13-7-9/h1-5,9,13H,6-8H2. The third kappa shape index (κ3) is 1.73. The van der Waals surface area contributed by atoms with Crippen LogP contribution in [0.1, 0.15) is 0 Å². The van der Waals surface area contributed by atoms with Gasteiger partial charge in [-0.05, 0) is 22.9 Å². The average molecular weight is 219 g/mol. The summed E-state index contributed by atoms with van der Waals surface area (Å²) in [5, 5.41) is 6.65. The molecule has 0 radical (unpaired) electrons. The summed E-state index contributed by atoms with van der Waals surface area (Å²) in [6.45, 7) is 3.03. The van der Waals surface area contributed by atoms with E-state index in [9.17, 15) is 0 Å². The molecule has 0 atom stereocenters. The van der Waals surface area contributed by atoms with Gasteiger partial charge in [-0.25, -0.2) is 0 Å². The molecule has 0 spiro atoms. The number of rotatable bonds is 3. The van der Waals surface area contributed by atoms with E-state index in [0.717, 1.165) is 25.4 Å². The highest BCUT2D eigenvalue weighted by Crippen LogP contribution is 2.30. The Kier molecular flexibility index (Phi) is 2.35. The molecular formula is C12H13NOS. The number of hydrogen-bond donors (Lipinski definition) is 1. The molecule has 3 heteroatoms. The molecule has 78 valence electrons. The third-order valence-corrected chi connectivity index (χ3v) is 3.73. The van der Waals surface area contributed by atoms with Crippen molar-refractivity contribution in [1.82, 2.24) is 5.32 Å². The molecule has 15 heavy (non-hydrogen) atoms. The Morgan fingerprint density at radius 2 is 2.27 bits per heavy atom. The summed E-state index contributed by atoms with van der Waals surface area (Å²) in [5.74, 6) is 1.73. The van der Waals surface area contributed by atoms with Gasteiger partial charge in [0.25, 0.3) is 0 Å². The summed E-state index contributed by atoms with van der Waals surface area (Å²) >= 11 is 1.75. The van der Waals surface area contributed by atoms with Crippen LogP contribution in [-0.2, 0) is 0 Å². The van der Waals surface area contributed by atoms with Crippen molar-refractivity contribution < 1.29 is 4.74 Å². The van der Waals surface area contributed by atoms with Gasteiger partial charge in [-0.15, -0.1) is 11.3 Å². The van der Waals surface area contributed by atoms with Gasteiger partial charge in [-0.1, -0.05) is 12.1 Å². The Morgan fingerprint density at radius 3 is 3.07 bits per heavy atom. The molecule has 3 rings (SSSR count). The van der Waals surface area contributed by atoms with E-state index in [1.165, 1.54) is 10.1 Å². The molecule has 1 aromatic heterocycles. The Bertz CT molecular complexity index is 461. The minimum Gasteiger partial charge on any atom is -0.492 e. The molecule has 1 N–H and O–H groups in total. The van der Waals surface area contributed by atoms with Crippen molar-refractivity contribution in [3.8, 4) is 5.75 Å². The van der Waals surface area contributed by atoms with Gasteiger partial charge in [0.2, 0.25) is 0 Å². The van der Waals surface area contributed by atoms with Crippen LogP contribution >= 0.6 is 11.3 Å². The highest BCUT2D eigenvalue weighted by molar-refractivity contribution is 7.17. The minimum atomic E-state index is 0.695. The zero-order valence-corrected chi connectivity index (χ0v) is 9.22. The summed E-state index contributed by atoms with van der Waals surface area (Å²) in [4.78, 5) is 0. The second-order valence-electron chi connectivity index (χ2n) is 3.93. The second kappa shape index (κ2) is 3.83. The highest BCUT2D eigenvalue weighted by Gasteiger charge is 2.17. The molecule has 1 fully saturated rings. The zero-order valence-electron chi connectivity index (χ0n) is 8.40. The fourth-order valence-corrected chi connectivity index (χ4v) is 2.62. The number of hydrogen-bond acceptors (Lipinski definition) is 3. The number of ether oxygens (including phenoxy) is 1. The molecule has 0 bridgehead atoms. The molecule has 1 aromatic carbocycles. The fraction of sp³-hybridized carbons (Fsp3) is 0.333. The highest BCUT2D eigenvalue weighted by atomic mass is 32.1. The fourth-order valence-electron chi connectivity index (χ4n) is 1.75. The summed E-state index contributed by atoms with van der Waals surface area (Å²) < 4.78 is 7.12. The monoisotopic (exact) mass is 219 g/mol. The van der Waals surface area contributed by atoms with Crippen molar-refractivity contribution in [3.63, 3.8) is 0 Å². The van der Waals surface area contributed by atoms with Crippen LogP contribution in [0.2, 0.25) is 0 Å². The van der Waals surface area contributed by atoms with Gasteiger partial charge in [0.15, 0.2) is 0 Å². The van der Waals surface area contributed by atoms with E-state index in [-0.39, 0.29) is 0 Å². The summed E-state index contributed by atoms with van der Waals surface area (Å²) in [6.07, 6.45) is 0. The van der Waals surface area contributed by atoms with Gasteiger partial charge < -0.3 is 10.1 Å². The Hall–Kier alpha value is -1.06. The lowest BCUT2D eigenvalue weighted by atomic mass is 10.1. The van der Waals surface area contributed by atoms with E-state index in [0.29, 0.717) is 5.92 Å². The smallest absolute Gasteiger partial charge is 0.137 e. The van der Waals surface area contributed by atoms with Crippen molar-refractivity contribution in [2.24, 2.45) is 5.92 Å². The molecule has 0 saturated carbocycles. The average Bonchev–Trinajstić information content (AvgIpc) is 2.63. The Labute approximate surface area is 92.9 Å². The lowest BCUT2D eigenvalue weighted by Crippen LogP contribution is -2.45. The lowest BCUT2D eigenvalue weighted by Gasteiger charge is -2.26. The van der Waals surface area contributed by atoms with Crippen molar-refractivity contribution in [3.05, 3.63) is 29.6 Å². The van der Waals surface area contributed by atoms with Crippen LogP contribution in [-0.4, -0.2) is 19.7 Å². The van der Waals surface area contributed by atoms with Gasteiger partial charge in [0, 0.05) is 19.0 Å². The normalized spacial score (nSPS) is 16.5. The van der Waals surface area contributed by atoms with Gasteiger partial charge >= 0.3 is 0 Å². The maximum Gasteiger partial charge on any atom is 0.137 e. The number of nitrogens with one attached hydrogen (secondary N) is 1. The molecule has 0 aliphatic carbocycles. The van der Waals surface area contributed by atoms with Gasteiger partial charge in [0.1, 0.15) is 5.75 Å². The van der Waals surface area contributed by atoms with E-state index in [4.69, 9.17) is 4.74 Å². The molecular weight excluding hydrogens is 206 g/mol. The number of benzene rings is 1. The molecule has 0 unspecified atom stereocenters. The molecule has 1 saturated heterocycles. The molecule has 2 heterocycles. The largest absolute Gasteiger partial charge is 0.492 e. The molecule has 2 nitrogen and oxygen atoms in total. The van der Waals surface area contributed by atoms with Crippen molar-refractivity contribution in [2.75, 3.05) is 19.7 Å². The van der Waals surface area contributed by atoms with Crippen LogP contribution < -0.4 is 10.1 Å². The summed E-state index contributed by atoms with van der Waals surface area (Å²) in [7, 11) is 0. The quantitative estimate of drug-likeness (QED) is 0.856. The Balaban J connectivity index is 1.80. The Morgan fingerprint density at radius 1 is 1.33 bits per heavy atom. The van der Waals surface area contributed by atoms with Crippen LogP contribution in [0.4, 0.5) is 0 Å². The van der Waals surface area contributed by atoms with Crippen molar-refractivity contribution in [2.45, 2.75) is 0 Å². The van der Waals surface area contributed by atoms with E-state index in [1.807, 2.05) is 0 Å². The maximum atomic E-state index is 5.85. The lowest BCUT2D eigenvalue weighted by molar-refractivity contribution is 0.201. The topological polar surface area (TPSA) is 21.3 Å². The SMILES string of the molecule is c1cc(OCC2CNC2)c2sccc2c1. The van der Waals surface area contributed by atoms with E-state index >= 15 is 0 Å². The van der Waals surface area contributed by atoms with Crippen LogP contribution in [0.3, 0.4) is 0 Å². The first-order chi connectivity index (χ1) is 7.43. The predicted molar refractivity (Wildman–Crippen MR) is 63.7 cm³/mol. The van der Waals surface area contributed by atoms with Gasteiger partial charge in [0.05, 0.1) is 11.3 Å². The van der Waals surface area contributed by atoms with Crippen LogP contribution in [0.5, 0.6) is 5.75 Å². The predicted octanol–water partition coefficient (Wildman–Crippen LogP) is 2.50. The van der Waals surface area contributed by atoms with E-state index in [2.05, 4.69) is 35.0 Å². The number of thiophene rings is 1. The summed E-state index contributed by atoms with van der Waals surface area (Å²) in [6, 6.07) is 8.38. The molecule has 0 amide bonds. The van der Waals surface area contributed by atoms with Crippen LogP contribution in [0.25, 0.3) is 10.1 Å². The first kappa shape index (κ1) is 9.19. The summed E-state index contributed by atoms with van der Waals surface area (Å²) in [5.41, 5.74) is 0. The van der Waals surface area contributed by atoms with Crippen molar-refractivity contribution in [1.29, 1.82) is 0 Å². The van der Waals surface area contributed by atoms with E-state index in [1.54, 1.807) is 11.3 Å². The van der Waals surface area contributed by atoms with Crippen LogP contribution in [0, 0.1) is 5.92 Å². The molecule has 1 aliphatic rings. The first-order valence-corrected chi connectivity index (χ1v) is 6.11. The van der Waals surface area contributed by atoms with Crippen LogP contribution in [0.15, 0.2) is 29.6 Å². The molecule has 1 aliphatic heterocycles. The zero-order chi connectivity index (χ0) is 10.1.